The molecular weight excluding hydrogens is 434 g/mol. The quantitative estimate of drug-likeness (QED) is 0.448. The van der Waals surface area contributed by atoms with Crippen LogP contribution in [-0.4, -0.2) is 27.5 Å². The molecule has 5 nitrogen and oxygen atoms in total. The van der Waals surface area contributed by atoms with E-state index in [1.54, 1.807) is 6.07 Å². The summed E-state index contributed by atoms with van der Waals surface area (Å²) >= 11 is 5.98. The Morgan fingerprint density at radius 3 is 2.21 bits per heavy atom. The zero-order valence-corrected chi connectivity index (χ0v) is 19.1. The number of benzene rings is 3. The molecule has 0 spiro atoms. The molecule has 1 aliphatic rings. The highest BCUT2D eigenvalue weighted by molar-refractivity contribution is 6.30. The molecule has 0 bridgehead atoms. The van der Waals surface area contributed by atoms with Crippen LogP contribution in [0.4, 0.5) is 0 Å². The minimum atomic E-state index is -0.383. The van der Waals surface area contributed by atoms with E-state index < -0.39 is 0 Å². The van der Waals surface area contributed by atoms with E-state index in [1.807, 2.05) is 36.4 Å². The number of nitrogens with zero attached hydrogens (tertiary/aromatic N) is 2. The lowest BCUT2D eigenvalue weighted by Crippen LogP contribution is -2.35. The van der Waals surface area contributed by atoms with Gasteiger partial charge in [-0.2, -0.15) is 0 Å². The maximum absolute atomic E-state index is 13.0. The van der Waals surface area contributed by atoms with Gasteiger partial charge < -0.3 is 4.98 Å². The number of fused-ring (bicyclic) bond motifs is 1. The van der Waals surface area contributed by atoms with Crippen LogP contribution in [0.25, 0.3) is 22.0 Å². The van der Waals surface area contributed by atoms with E-state index >= 15 is 0 Å². The number of nitrogens with one attached hydrogen (secondary N) is 1. The molecule has 6 heteroatoms. The van der Waals surface area contributed by atoms with Crippen molar-refractivity contribution in [3.63, 3.8) is 0 Å². The first-order chi connectivity index (χ1) is 16.1. The smallest absolute Gasteiger partial charge is 0.307 e. The van der Waals surface area contributed by atoms with Gasteiger partial charge in [-0.25, -0.2) is 4.79 Å². The number of aromatic amines is 1. The number of hydrogen-bond acceptors (Lipinski definition) is 3. The topological polar surface area (TPSA) is 58.1 Å². The third-order valence-corrected chi connectivity index (χ3v) is 6.66. The van der Waals surface area contributed by atoms with Gasteiger partial charge in [0.2, 0.25) is 0 Å². The Hall–Kier alpha value is -3.15. The van der Waals surface area contributed by atoms with E-state index in [0.717, 1.165) is 23.2 Å². The molecule has 0 radical (unpaired) electrons. The molecule has 168 valence electrons. The van der Waals surface area contributed by atoms with Crippen LogP contribution in [0.3, 0.4) is 0 Å². The van der Waals surface area contributed by atoms with Crippen molar-refractivity contribution in [1.29, 1.82) is 0 Å². The highest BCUT2D eigenvalue weighted by Gasteiger charge is 2.12. The highest BCUT2D eigenvalue weighted by Crippen LogP contribution is 2.23. The van der Waals surface area contributed by atoms with Crippen LogP contribution in [0, 0.1) is 0 Å². The molecule has 0 atom stereocenters. The van der Waals surface area contributed by atoms with E-state index in [1.165, 1.54) is 36.1 Å². The fourth-order valence-corrected chi connectivity index (χ4v) is 4.66. The first-order valence-corrected chi connectivity index (χ1v) is 11.8. The summed E-state index contributed by atoms with van der Waals surface area (Å²) in [5.41, 5.74) is 4.21. The van der Waals surface area contributed by atoms with Crippen LogP contribution in [0.15, 0.2) is 76.3 Å². The van der Waals surface area contributed by atoms with Crippen molar-refractivity contribution in [1.82, 2.24) is 14.5 Å². The molecule has 1 saturated heterocycles. The third kappa shape index (κ3) is 4.80. The second-order valence-electron chi connectivity index (χ2n) is 8.70. The molecule has 0 saturated carbocycles. The van der Waals surface area contributed by atoms with Crippen LogP contribution >= 0.6 is 11.6 Å². The number of rotatable bonds is 6. The number of H-pyrrole nitrogens is 1. The number of hydrogen-bond donors (Lipinski definition) is 1. The van der Waals surface area contributed by atoms with E-state index in [9.17, 15) is 9.59 Å². The Balaban J connectivity index is 1.34. The van der Waals surface area contributed by atoms with Crippen LogP contribution in [0.2, 0.25) is 5.02 Å². The molecule has 0 amide bonds. The molecule has 3 aromatic carbocycles. The molecule has 5 rings (SSSR count). The van der Waals surface area contributed by atoms with Crippen molar-refractivity contribution in [2.45, 2.75) is 32.4 Å². The van der Waals surface area contributed by atoms with Gasteiger partial charge in [0.25, 0.3) is 5.56 Å². The van der Waals surface area contributed by atoms with Crippen molar-refractivity contribution in [2.75, 3.05) is 13.1 Å². The second kappa shape index (κ2) is 9.38. The Morgan fingerprint density at radius 2 is 1.48 bits per heavy atom. The van der Waals surface area contributed by atoms with E-state index in [2.05, 4.69) is 34.1 Å². The molecule has 1 N–H and O–H groups in total. The van der Waals surface area contributed by atoms with Crippen LogP contribution in [-0.2, 0) is 19.5 Å². The summed E-state index contributed by atoms with van der Waals surface area (Å²) in [5, 5.41) is 1.17. The normalized spacial score (nSPS) is 14.2. The Morgan fingerprint density at radius 1 is 0.818 bits per heavy atom. The first-order valence-electron chi connectivity index (χ1n) is 11.4. The van der Waals surface area contributed by atoms with Crippen molar-refractivity contribution in [2.24, 2.45) is 0 Å². The molecule has 0 aliphatic carbocycles. The van der Waals surface area contributed by atoms with Crippen LogP contribution in [0.1, 0.15) is 24.0 Å². The fraction of sp³-hybridized carbons (Fsp3) is 0.259. The number of aromatic nitrogens is 2. The maximum atomic E-state index is 13.0. The zero-order valence-electron chi connectivity index (χ0n) is 18.4. The molecule has 0 unspecified atom stereocenters. The van der Waals surface area contributed by atoms with Crippen LogP contribution in [0.5, 0.6) is 0 Å². The lowest BCUT2D eigenvalue weighted by atomic mass is 10.0. The molecule has 1 fully saturated rings. The summed E-state index contributed by atoms with van der Waals surface area (Å²) in [6, 6.07) is 21.5. The van der Waals surface area contributed by atoms with Crippen molar-refractivity contribution in [3.05, 3.63) is 104 Å². The van der Waals surface area contributed by atoms with Gasteiger partial charge in [-0.05, 0) is 78.9 Å². The van der Waals surface area contributed by atoms with Crippen molar-refractivity contribution < 1.29 is 0 Å². The Labute approximate surface area is 197 Å². The minimum Gasteiger partial charge on any atom is -0.307 e. The summed E-state index contributed by atoms with van der Waals surface area (Å²) in [7, 11) is 0. The first kappa shape index (κ1) is 21.7. The standard InChI is InChI=1S/C27H26ClN3O2/c28-23-10-7-21(8-11-23)22-9-12-24-25(17-22)29-27(33)31(26(24)32)16-13-19-3-5-20(6-4-19)18-30-14-1-2-15-30/h3-12,17H,1-2,13-16,18H2,(H,29,33). The lowest BCUT2D eigenvalue weighted by molar-refractivity contribution is 0.331. The van der Waals surface area contributed by atoms with Crippen molar-refractivity contribution >= 4 is 22.5 Å². The lowest BCUT2D eigenvalue weighted by Gasteiger charge is -2.14. The Bertz CT molecular complexity index is 1380. The average molecular weight is 460 g/mol. The monoisotopic (exact) mass is 459 g/mol. The molecule has 1 aliphatic heterocycles. The maximum Gasteiger partial charge on any atom is 0.328 e. The zero-order chi connectivity index (χ0) is 22.8. The van der Waals surface area contributed by atoms with Crippen molar-refractivity contribution in [3.8, 4) is 11.1 Å². The predicted octanol–water partition coefficient (Wildman–Crippen LogP) is 4.85. The van der Waals surface area contributed by atoms with Crippen LogP contribution < -0.4 is 11.2 Å². The largest absolute Gasteiger partial charge is 0.328 e. The van der Waals surface area contributed by atoms with E-state index in [4.69, 9.17) is 11.6 Å². The average Bonchev–Trinajstić information content (AvgIpc) is 3.33. The minimum absolute atomic E-state index is 0.262. The third-order valence-electron chi connectivity index (χ3n) is 6.41. The predicted molar refractivity (Wildman–Crippen MR) is 134 cm³/mol. The summed E-state index contributed by atoms with van der Waals surface area (Å²) < 4.78 is 1.29. The summed E-state index contributed by atoms with van der Waals surface area (Å²) in [6.45, 7) is 3.68. The number of likely N-dealkylation sites (tertiary alicyclic amines) is 1. The highest BCUT2D eigenvalue weighted by atomic mass is 35.5. The molecule has 33 heavy (non-hydrogen) atoms. The van der Waals surface area contributed by atoms with Gasteiger partial charge in [-0.3, -0.25) is 14.3 Å². The molecule has 2 heterocycles. The van der Waals surface area contributed by atoms with Gasteiger partial charge in [0.1, 0.15) is 0 Å². The van der Waals surface area contributed by atoms with Gasteiger partial charge >= 0.3 is 5.69 Å². The van der Waals surface area contributed by atoms with E-state index in [-0.39, 0.29) is 11.2 Å². The van der Waals surface area contributed by atoms with Gasteiger partial charge in [0, 0.05) is 18.1 Å². The van der Waals surface area contributed by atoms with Gasteiger partial charge in [0.15, 0.2) is 0 Å². The van der Waals surface area contributed by atoms with E-state index in [0.29, 0.717) is 28.9 Å². The van der Waals surface area contributed by atoms with Gasteiger partial charge in [-0.15, -0.1) is 0 Å². The SMILES string of the molecule is O=c1[nH]c2cc(-c3ccc(Cl)cc3)ccc2c(=O)n1CCc1ccc(CN2CCCC2)cc1. The Kier molecular flexibility index (Phi) is 6.16. The second-order valence-corrected chi connectivity index (χ2v) is 9.14. The van der Waals surface area contributed by atoms with Gasteiger partial charge in [0.05, 0.1) is 10.9 Å². The summed E-state index contributed by atoms with van der Waals surface area (Å²) in [4.78, 5) is 31.1. The van der Waals surface area contributed by atoms with Gasteiger partial charge in [-0.1, -0.05) is 54.1 Å². The number of halogens is 1. The summed E-state index contributed by atoms with van der Waals surface area (Å²) in [5.74, 6) is 0. The molecular formula is C27H26ClN3O2. The molecule has 4 aromatic rings. The summed E-state index contributed by atoms with van der Waals surface area (Å²) in [6.07, 6.45) is 3.20. The number of aryl methyl sites for hydroxylation is 1. The molecule has 1 aromatic heterocycles. The fourth-order valence-electron chi connectivity index (χ4n) is 4.53.